The zero-order valence-electron chi connectivity index (χ0n) is 13.5. The van der Waals surface area contributed by atoms with Gasteiger partial charge in [0, 0.05) is 26.2 Å². The second kappa shape index (κ2) is 6.54. The molecule has 2 rings (SSSR count). The average Bonchev–Trinajstić information content (AvgIpc) is 2.67. The molecule has 0 aromatic rings. The Bertz CT molecular complexity index is 546. The third-order valence-electron chi connectivity index (χ3n) is 4.15. The van der Waals surface area contributed by atoms with E-state index in [-0.39, 0.29) is 36.6 Å². The Morgan fingerprint density at radius 1 is 1.23 bits per heavy atom. The summed E-state index contributed by atoms with van der Waals surface area (Å²) in [5.74, 6) is 0.0643. The summed E-state index contributed by atoms with van der Waals surface area (Å²) < 4.78 is 25.6. The van der Waals surface area contributed by atoms with Crippen molar-refractivity contribution in [2.75, 3.05) is 38.5 Å². The molecule has 1 unspecified atom stereocenters. The molecule has 0 spiro atoms. The molecule has 0 aromatic heterocycles. The molecule has 7 nitrogen and oxygen atoms in total. The molecule has 22 heavy (non-hydrogen) atoms. The molecule has 2 aliphatic heterocycles. The van der Waals surface area contributed by atoms with Crippen LogP contribution in [0.1, 0.15) is 27.2 Å². The molecule has 0 aliphatic carbocycles. The molecule has 0 N–H and O–H groups in total. The lowest BCUT2D eigenvalue weighted by molar-refractivity contribution is -0.156. The van der Waals surface area contributed by atoms with E-state index < -0.39 is 16.1 Å². The Balaban J connectivity index is 2.24. The Labute approximate surface area is 132 Å². The maximum atomic E-state index is 12.7. The standard InChI is InChI=1S/C14H25N3O4S/c1-4-22(20,21)16-6-5-7-17-12(9-16)14(19)15(8-11(2)3)10-13(17)18/h11-12H,4-10H2,1-3H3. The molecule has 2 aliphatic rings. The van der Waals surface area contributed by atoms with Crippen molar-refractivity contribution < 1.29 is 18.0 Å². The van der Waals surface area contributed by atoms with Crippen LogP contribution in [0, 0.1) is 5.92 Å². The third kappa shape index (κ3) is 3.43. The van der Waals surface area contributed by atoms with E-state index in [2.05, 4.69) is 0 Å². The highest BCUT2D eigenvalue weighted by atomic mass is 32.2. The minimum Gasteiger partial charge on any atom is -0.331 e. The molecule has 0 saturated carbocycles. The van der Waals surface area contributed by atoms with Crippen molar-refractivity contribution in [3.63, 3.8) is 0 Å². The number of nitrogens with zero attached hydrogens (tertiary/aromatic N) is 3. The maximum Gasteiger partial charge on any atom is 0.247 e. The fourth-order valence-corrected chi connectivity index (χ4v) is 4.18. The van der Waals surface area contributed by atoms with Crippen LogP contribution in [0.4, 0.5) is 0 Å². The Morgan fingerprint density at radius 2 is 1.91 bits per heavy atom. The van der Waals surface area contributed by atoms with E-state index in [1.165, 1.54) is 4.31 Å². The lowest BCUT2D eigenvalue weighted by Crippen LogP contribution is -2.62. The SMILES string of the molecule is CCS(=O)(=O)N1CCCN2C(=O)CN(CC(C)C)C(=O)C2C1. The number of fused-ring (bicyclic) bond motifs is 1. The van der Waals surface area contributed by atoms with E-state index in [4.69, 9.17) is 0 Å². The quantitative estimate of drug-likeness (QED) is 0.711. The maximum absolute atomic E-state index is 12.7. The summed E-state index contributed by atoms with van der Waals surface area (Å²) in [4.78, 5) is 28.1. The first-order chi connectivity index (χ1) is 10.3. The van der Waals surface area contributed by atoms with E-state index in [0.29, 0.717) is 26.1 Å². The van der Waals surface area contributed by atoms with E-state index in [1.54, 1.807) is 16.7 Å². The third-order valence-corrected chi connectivity index (χ3v) is 5.99. The topological polar surface area (TPSA) is 78.0 Å². The average molecular weight is 331 g/mol. The largest absolute Gasteiger partial charge is 0.331 e. The minimum atomic E-state index is -3.35. The molecule has 2 heterocycles. The lowest BCUT2D eigenvalue weighted by atomic mass is 10.1. The molecule has 0 aromatic carbocycles. The summed E-state index contributed by atoms with van der Waals surface area (Å²) in [7, 11) is -3.35. The van der Waals surface area contributed by atoms with Crippen LogP contribution >= 0.6 is 0 Å². The normalized spacial score (nSPS) is 24.6. The summed E-state index contributed by atoms with van der Waals surface area (Å²) >= 11 is 0. The van der Waals surface area contributed by atoms with Crippen LogP contribution in [0.25, 0.3) is 0 Å². The van der Waals surface area contributed by atoms with Crippen LogP contribution in [0.5, 0.6) is 0 Å². The number of sulfonamides is 1. The highest BCUT2D eigenvalue weighted by molar-refractivity contribution is 7.89. The van der Waals surface area contributed by atoms with Gasteiger partial charge < -0.3 is 9.80 Å². The predicted octanol–water partition coefficient (Wildman–Crippen LogP) is -0.263. The summed E-state index contributed by atoms with van der Waals surface area (Å²) in [6, 6.07) is -0.677. The van der Waals surface area contributed by atoms with Crippen molar-refractivity contribution in [3.8, 4) is 0 Å². The smallest absolute Gasteiger partial charge is 0.247 e. The van der Waals surface area contributed by atoms with Crippen molar-refractivity contribution in [1.29, 1.82) is 0 Å². The minimum absolute atomic E-state index is 0.0115. The van der Waals surface area contributed by atoms with E-state index in [1.807, 2.05) is 13.8 Å². The first-order valence-corrected chi connectivity index (χ1v) is 9.43. The van der Waals surface area contributed by atoms with Gasteiger partial charge in [0.15, 0.2) is 0 Å². The van der Waals surface area contributed by atoms with E-state index >= 15 is 0 Å². The van der Waals surface area contributed by atoms with Crippen LogP contribution in [0.2, 0.25) is 0 Å². The number of carbonyl (C=O) groups is 2. The molecule has 2 amide bonds. The van der Waals surface area contributed by atoms with E-state index in [0.717, 1.165) is 0 Å². The van der Waals surface area contributed by atoms with Crippen LogP contribution in [-0.4, -0.2) is 78.9 Å². The zero-order valence-corrected chi connectivity index (χ0v) is 14.3. The fourth-order valence-electron chi connectivity index (χ4n) is 3.04. The summed E-state index contributed by atoms with van der Waals surface area (Å²) in [5, 5.41) is 0. The number of hydrogen-bond donors (Lipinski definition) is 0. The highest BCUT2D eigenvalue weighted by Crippen LogP contribution is 2.20. The molecule has 126 valence electrons. The van der Waals surface area contributed by atoms with Crippen LogP contribution in [0.3, 0.4) is 0 Å². The van der Waals surface area contributed by atoms with Gasteiger partial charge in [0.2, 0.25) is 21.8 Å². The van der Waals surface area contributed by atoms with Crippen molar-refractivity contribution >= 4 is 21.8 Å². The number of hydrogen-bond acceptors (Lipinski definition) is 4. The summed E-state index contributed by atoms with van der Waals surface area (Å²) in [6.07, 6.45) is 0.568. The molecular weight excluding hydrogens is 306 g/mol. The lowest BCUT2D eigenvalue weighted by Gasteiger charge is -2.40. The predicted molar refractivity (Wildman–Crippen MR) is 82.6 cm³/mol. The monoisotopic (exact) mass is 331 g/mol. The number of rotatable bonds is 4. The number of amides is 2. The van der Waals surface area contributed by atoms with Crippen molar-refractivity contribution in [3.05, 3.63) is 0 Å². The van der Waals surface area contributed by atoms with Gasteiger partial charge in [-0.05, 0) is 19.3 Å². The Morgan fingerprint density at radius 3 is 2.50 bits per heavy atom. The summed E-state index contributed by atoms with van der Waals surface area (Å²) in [5.41, 5.74) is 0. The molecule has 1 atom stereocenters. The van der Waals surface area contributed by atoms with Crippen molar-refractivity contribution in [1.82, 2.24) is 14.1 Å². The molecule has 2 saturated heterocycles. The molecule has 0 radical (unpaired) electrons. The fraction of sp³-hybridized carbons (Fsp3) is 0.857. The van der Waals surface area contributed by atoms with E-state index in [9.17, 15) is 18.0 Å². The number of piperazine rings is 1. The van der Waals surface area contributed by atoms with Gasteiger partial charge in [0.1, 0.15) is 6.04 Å². The van der Waals surface area contributed by atoms with Crippen LogP contribution in [0.15, 0.2) is 0 Å². The molecular formula is C14H25N3O4S. The van der Waals surface area contributed by atoms with Crippen molar-refractivity contribution in [2.45, 2.75) is 33.2 Å². The Hall–Kier alpha value is -1.15. The van der Waals surface area contributed by atoms with Gasteiger partial charge in [-0.3, -0.25) is 9.59 Å². The van der Waals surface area contributed by atoms with Gasteiger partial charge in [-0.2, -0.15) is 4.31 Å². The van der Waals surface area contributed by atoms with Gasteiger partial charge in [0.05, 0.1) is 12.3 Å². The van der Waals surface area contributed by atoms with Gasteiger partial charge in [-0.25, -0.2) is 8.42 Å². The van der Waals surface area contributed by atoms with Crippen molar-refractivity contribution in [2.24, 2.45) is 5.92 Å². The van der Waals surface area contributed by atoms with Gasteiger partial charge in [-0.15, -0.1) is 0 Å². The van der Waals surface area contributed by atoms with Crippen LogP contribution < -0.4 is 0 Å². The second-order valence-corrected chi connectivity index (χ2v) is 8.59. The Kier molecular flexibility index (Phi) is 5.11. The number of carbonyl (C=O) groups excluding carboxylic acids is 2. The summed E-state index contributed by atoms with van der Waals surface area (Å²) in [6.45, 7) is 7.10. The van der Waals surface area contributed by atoms with Gasteiger partial charge in [-0.1, -0.05) is 13.8 Å². The highest BCUT2D eigenvalue weighted by Gasteiger charge is 2.42. The second-order valence-electron chi connectivity index (χ2n) is 6.33. The van der Waals surface area contributed by atoms with Gasteiger partial charge >= 0.3 is 0 Å². The van der Waals surface area contributed by atoms with Gasteiger partial charge in [0.25, 0.3) is 0 Å². The first-order valence-electron chi connectivity index (χ1n) is 7.82. The first kappa shape index (κ1) is 17.2. The molecule has 0 bridgehead atoms. The molecule has 2 fully saturated rings. The molecule has 8 heteroatoms. The zero-order chi connectivity index (χ0) is 16.5. The van der Waals surface area contributed by atoms with Crippen LogP contribution in [-0.2, 0) is 19.6 Å².